The van der Waals surface area contributed by atoms with Crippen LogP contribution in [0.2, 0.25) is 5.02 Å². The van der Waals surface area contributed by atoms with Gasteiger partial charge in [-0.1, -0.05) is 28.2 Å². The molecule has 2 heterocycles. The van der Waals surface area contributed by atoms with Crippen molar-refractivity contribution < 1.29 is 9.21 Å². The van der Waals surface area contributed by atoms with Crippen LogP contribution in [0.3, 0.4) is 0 Å². The summed E-state index contributed by atoms with van der Waals surface area (Å²) in [4.78, 5) is 24.2. The first-order valence-corrected chi connectivity index (χ1v) is 7.56. The van der Waals surface area contributed by atoms with Crippen molar-refractivity contribution in [2.75, 3.05) is 0 Å². The lowest BCUT2D eigenvalue weighted by atomic mass is 10.2. The summed E-state index contributed by atoms with van der Waals surface area (Å²) in [5.74, 6) is -0.463. The fourth-order valence-corrected chi connectivity index (χ4v) is 2.71. The fourth-order valence-electron chi connectivity index (χ4n) is 1.88. The van der Waals surface area contributed by atoms with Crippen molar-refractivity contribution in [1.29, 1.82) is 0 Å². The Bertz CT molecular complexity index is 980. The highest BCUT2D eigenvalue weighted by atomic mass is 35.5. The Morgan fingerprint density at radius 3 is 2.96 bits per heavy atom. The first-order valence-electron chi connectivity index (χ1n) is 6.41. The third-order valence-corrected chi connectivity index (χ3v) is 4.23. The number of halogens is 1. The van der Waals surface area contributed by atoms with Gasteiger partial charge in [0.25, 0.3) is 5.91 Å². The summed E-state index contributed by atoms with van der Waals surface area (Å²) in [6.07, 6.45) is 1.16. The molecule has 0 saturated heterocycles. The minimum absolute atomic E-state index is 0.0600. The van der Waals surface area contributed by atoms with Gasteiger partial charge in [0.15, 0.2) is 0 Å². The monoisotopic (exact) mass is 348 g/mol. The van der Waals surface area contributed by atoms with Crippen LogP contribution in [0.25, 0.3) is 11.0 Å². The first kappa shape index (κ1) is 15.3. The van der Waals surface area contributed by atoms with Crippen LogP contribution in [0.15, 0.2) is 38.6 Å². The topological polar surface area (TPSA) is 97.5 Å². The number of fused-ring (bicyclic) bond motifs is 1. The van der Waals surface area contributed by atoms with Crippen molar-refractivity contribution in [2.24, 2.45) is 5.10 Å². The van der Waals surface area contributed by atoms with Crippen molar-refractivity contribution in [3.8, 4) is 0 Å². The summed E-state index contributed by atoms with van der Waals surface area (Å²) in [6.45, 7) is 1.66. The molecule has 0 saturated carbocycles. The SMILES string of the molecule is Cc1nnsc1C(=O)N/N=C/c1c(Cl)c2ccccc2oc1=O. The lowest BCUT2D eigenvalue weighted by molar-refractivity contribution is 0.0958. The van der Waals surface area contributed by atoms with Crippen molar-refractivity contribution in [3.05, 3.63) is 55.8 Å². The molecule has 9 heteroatoms. The summed E-state index contributed by atoms with van der Waals surface area (Å²) in [6, 6.07) is 6.88. The van der Waals surface area contributed by atoms with E-state index >= 15 is 0 Å². The second kappa shape index (κ2) is 6.27. The number of aromatic nitrogens is 2. The Morgan fingerprint density at radius 2 is 2.22 bits per heavy atom. The smallest absolute Gasteiger partial charge is 0.346 e. The molecule has 1 amide bonds. The van der Waals surface area contributed by atoms with Gasteiger partial charge in [-0.15, -0.1) is 5.10 Å². The Balaban J connectivity index is 1.88. The van der Waals surface area contributed by atoms with Gasteiger partial charge in [0, 0.05) is 5.39 Å². The number of carbonyl (C=O) groups excluding carboxylic acids is 1. The van der Waals surface area contributed by atoms with E-state index in [1.165, 1.54) is 0 Å². The largest absolute Gasteiger partial charge is 0.422 e. The highest BCUT2D eigenvalue weighted by molar-refractivity contribution is 7.07. The van der Waals surface area contributed by atoms with E-state index < -0.39 is 11.5 Å². The van der Waals surface area contributed by atoms with Crippen molar-refractivity contribution in [1.82, 2.24) is 15.0 Å². The summed E-state index contributed by atoms with van der Waals surface area (Å²) in [7, 11) is 0. The highest BCUT2D eigenvalue weighted by Gasteiger charge is 2.13. The molecular formula is C14H9ClN4O3S. The molecule has 116 valence electrons. The van der Waals surface area contributed by atoms with E-state index in [4.69, 9.17) is 16.0 Å². The summed E-state index contributed by atoms with van der Waals surface area (Å²) < 4.78 is 8.82. The van der Waals surface area contributed by atoms with Crippen molar-refractivity contribution in [3.63, 3.8) is 0 Å². The van der Waals surface area contributed by atoms with Gasteiger partial charge < -0.3 is 4.42 Å². The molecule has 0 aliphatic heterocycles. The average Bonchev–Trinajstić information content (AvgIpc) is 2.96. The molecule has 0 bridgehead atoms. The van der Waals surface area contributed by atoms with Crippen LogP contribution in [-0.4, -0.2) is 21.7 Å². The molecule has 0 unspecified atom stereocenters. The summed E-state index contributed by atoms with van der Waals surface area (Å²) in [5, 5.41) is 8.29. The fraction of sp³-hybridized carbons (Fsp3) is 0.0714. The lowest BCUT2D eigenvalue weighted by Crippen LogP contribution is -2.18. The number of amides is 1. The molecule has 3 rings (SSSR count). The molecule has 1 aromatic carbocycles. The van der Waals surface area contributed by atoms with Gasteiger partial charge in [-0.3, -0.25) is 4.79 Å². The zero-order valence-corrected chi connectivity index (χ0v) is 13.3. The minimum atomic E-state index is -0.637. The number of nitrogens with zero attached hydrogens (tertiary/aromatic N) is 3. The van der Waals surface area contributed by atoms with Crippen molar-refractivity contribution in [2.45, 2.75) is 6.92 Å². The third-order valence-electron chi connectivity index (χ3n) is 3.00. The number of hydrogen-bond donors (Lipinski definition) is 1. The van der Waals surface area contributed by atoms with E-state index in [1.807, 2.05) is 0 Å². The number of para-hydroxylation sites is 1. The van der Waals surface area contributed by atoms with Crippen LogP contribution < -0.4 is 11.1 Å². The lowest BCUT2D eigenvalue weighted by Gasteiger charge is -2.02. The standard InChI is InChI=1S/C14H9ClN4O3S/c1-7-12(23-19-17-7)13(20)18-16-6-9-11(15)8-4-2-3-5-10(8)22-14(9)21/h2-6H,1H3,(H,18,20)/b16-6+. The molecule has 0 aliphatic rings. The van der Waals surface area contributed by atoms with Crippen LogP contribution in [0.1, 0.15) is 20.9 Å². The van der Waals surface area contributed by atoms with Gasteiger partial charge in [-0.05, 0) is 30.6 Å². The number of benzene rings is 1. The molecule has 0 aliphatic carbocycles. The molecule has 0 atom stereocenters. The van der Waals surface area contributed by atoms with Gasteiger partial charge in [-0.2, -0.15) is 5.10 Å². The predicted molar refractivity (Wildman–Crippen MR) is 87.2 cm³/mol. The Morgan fingerprint density at radius 1 is 1.43 bits per heavy atom. The Labute approximate surface area is 138 Å². The zero-order valence-electron chi connectivity index (χ0n) is 11.7. The van der Waals surface area contributed by atoms with E-state index in [2.05, 4.69) is 20.1 Å². The molecule has 3 aromatic rings. The van der Waals surface area contributed by atoms with Gasteiger partial charge in [0.2, 0.25) is 0 Å². The maximum Gasteiger partial charge on any atom is 0.346 e. The normalized spacial score (nSPS) is 11.2. The van der Waals surface area contributed by atoms with E-state index in [0.29, 0.717) is 21.5 Å². The van der Waals surface area contributed by atoms with E-state index in [-0.39, 0.29) is 10.6 Å². The molecule has 7 nitrogen and oxygen atoms in total. The first-order chi connectivity index (χ1) is 11.1. The second-order valence-electron chi connectivity index (χ2n) is 4.50. The number of hydrogen-bond acceptors (Lipinski definition) is 7. The molecule has 23 heavy (non-hydrogen) atoms. The molecule has 0 spiro atoms. The van der Waals surface area contributed by atoms with Gasteiger partial charge in [0.1, 0.15) is 10.5 Å². The van der Waals surface area contributed by atoms with Crippen LogP contribution in [0.4, 0.5) is 0 Å². The van der Waals surface area contributed by atoms with Crippen LogP contribution in [0.5, 0.6) is 0 Å². The van der Waals surface area contributed by atoms with E-state index in [1.54, 1.807) is 31.2 Å². The summed E-state index contributed by atoms with van der Waals surface area (Å²) >= 11 is 7.16. The minimum Gasteiger partial charge on any atom is -0.422 e. The van der Waals surface area contributed by atoms with Crippen LogP contribution in [0, 0.1) is 6.92 Å². The predicted octanol–water partition coefficient (Wildman–Crippen LogP) is 2.37. The number of rotatable bonds is 3. The number of hydrazone groups is 1. The molecular weight excluding hydrogens is 340 g/mol. The molecule has 1 N–H and O–H groups in total. The highest BCUT2D eigenvalue weighted by Crippen LogP contribution is 2.23. The Kier molecular flexibility index (Phi) is 4.18. The number of aryl methyl sites for hydroxylation is 1. The van der Waals surface area contributed by atoms with Gasteiger partial charge in [0.05, 0.1) is 22.5 Å². The second-order valence-corrected chi connectivity index (χ2v) is 5.63. The number of nitrogens with one attached hydrogen (secondary N) is 1. The average molecular weight is 349 g/mol. The third kappa shape index (κ3) is 2.99. The molecule has 0 radical (unpaired) electrons. The van der Waals surface area contributed by atoms with Gasteiger partial charge in [-0.25, -0.2) is 10.2 Å². The zero-order chi connectivity index (χ0) is 16.4. The maximum atomic E-state index is 11.9. The maximum absolute atomic E-state index is 11.9. The van der Waals surface area contributed by atoms with Gasteiger partial charge >= 0.3 is 5.63 Å². The molecule has 0 fully saturated rings. The molecule has 2 aromatic heterocycles. The van der Waals surface area contributed by atoms with Crippen LogP contribution >= 0.6 is 23.1 Å². The van der Waals surface area contributed by atoms with E-state index in [0.717, 1.165) is 17.7 Å². The summed E-state index contributed by atoms with van der Waals surface area (Å²) in [5.41, 5.74) is 2.61. The van der Waals surface area contributed by atoms with Crippen LogP contribution in [-0.2, 0) is 0 Å². The van der Waals surface area contributed by atoms with Crippen molar-refractivity contribution >= 4 is 46.2 Å². The number of carbonyl (C=O) groups is 1. The quantitative estimate of drug-likeness (QED) is 0.445. The van der Waals surface area contributed by atoms with E-state index in [9.17, 15) is 9.59 Å². The Hall–Kier alpha value is -2.58.